The standard InChI is InChI=1S/2C31H37ClN2O3S.2C22H29ClN2OS.C10H12O2/c2*1-5-37-30(35)24-12-16-26(17-13-24)34-20-18-23(19-21-34)29(33-38(36)31(2,3)4)28-9-7-6-8-27(28)22-10-14-25(32)15-11-22;2*1-22(2,3)27(26)25-21(17-12-14-24-15-13-17)20-7-5-4-6-19(20)16-8-10-18(23)11-9-16;1-3-12-10(11)9-6-4-8(2)5-7-9/h2*6-17,23,29,33H,5,18-21H2,1-4H3;2*4-11,17,21,24-25H,12-15H2,1-3H3;4-7H,3H2,1-2H3/t2*29-,38?;2*21-,27?;/m1010./s1. The van der Waals surface area contributed by atoms with Crippen LogP contribution in [0.4, 0.5) is 11.4 Å². The lowest BCUT2D eigenvalue weighted by Gasteiger charge is -2.39. The van der Waals surface area contributed by atoms with Gasteiger partial charge in [-0.05, 0) is 388 Å². The molecule has 0 amide bonds. The maximum atomic E-state index is 13.3. The van der Waals surface area contributed by atoms with E-state index in [-0.39, 0.29) is 61.1 Å². The molecule has 142 heavy (non-hydrogen) atoms. The van der Waals surface area contributed by atoms with Crippen LogP contribution >= 0.6 is 46.4 Å². The highest BCUT2D eigenvalue weighted by Gasteiger charge is 2.38. The molecule has 0 radical (unpaired) electrons. The zero-order valence-corrected chi connectivity index (χ0v) is 91.4. The lowest BCUT2D eigenvalue weighted by Crippen LogP contribution is -2.42. The molecule has 11 aromatic carbocycles. The Morgan fingerprint density at radius 1 is 0.310 bits per heavy atom. The first-order valence-electron chi connectivity index (χ1n) is 49.6. The van der Waals surface area contributed by atoms with E-state index in [2.05, 4.69) is 149 Å². The second-order valence-corrected chi connectivity index (χ2v) is 50.0. The summed E-state index contributed by atoms with van der Waals surface area (Å²) >= 11 is 24.5. The Hall–Kier alpha value is -9.05. The number of nitrogens with zero attached hydrogens (tertiary/aromatic N) is 2. The molecule has 11 aromatic rings. The van der Waals surface area contributed by atoms with E-state index < -0.39 is 43.9 Å². The lowest BCUT2D eigenvalue weighted by atomic mass is 9.83. The molecule has 0 aliphatic carbocycles. The monoisotopic (exact) mass is 2080 g/mol. The number of carbonyl (C=O) groups excluding carboxylic acids is 3. The first-order valence-corrected chi connectivity index (χ1v) is 55.7. The van der Waals surface area contributed by atoms with Gasteiger partial charge in [-0.2, -0.15) is 0 Å². The Labute approximate surface area is 874 Å². The number of rotatable bonds is 28. The Morgan fingerprint density at radius 3 is 0.725 bits per heavy atom. The summed E-state index contributed by atoms with van der Waals surface area (Å²) in [5, 5.41) is 9.76. The summed E-state index contributed by atoms with van der Waals surface area (Å²) < 4.78 is 80.3. The number of carbonyl (C=O) groups is 3. The highest BCUT2D eigenvalue weighted by atomic mass is 35.5. The highest BCUT2D eigenvalue weighted by Crippen LogP contribution is 2.44. The molecule has 0 saturated carbocycles. The first-order chi connectivity index (χ1) is 67.8. The van der Waals surface area contributed by atoms with Crippen molar-refractivity contribution in [3.05, 3.63) is 332 Å². The van der Waals surface area contributed by atoms with Crippen LogP contribution in [0.15, 0.2) is 267 Å². The van der Waals surface area contributed by atoms with Crippen molar-refractivity contribution >= 4 is 120 Å². The molecule has 4 saturated heterocycles. The summed E-state index contributed by atoms with van der Waals surface area (Å²) in [7, 11) is -4.70. The highest BCUT2D eigenvalue weighted by molar-refractivity contribution is 7.85. The van der Waals surface area contributed by atoms with Crippen LogP contribution < -0.4 is 39.3 Å². The third-order valence-corrected chi connectivity index (χ3v) is 33.1. The fraction of sp³-hybridized carbons (Fsp3) is 0.405. The fourth-order valence-corrected chi connectivity index (χ4v) is 21.9. The topological polar surface area (TPSA) is 226 Å². The molecule has 4 aliphatic heterocycles. The maximum Gasteiger partial charge on any atom is 0.338 e. The number of ether oxygens (including phenoxy) is 3. The smallest absolute Gasteiger partial charge is 0.338 e. The van der Waals surface area contributed by atoms with Gasteiger partial charge in [0, 0.05) is 81.8 Å². The molecule has 4 unspecified atom stereocenters. The van der Waals surface area contributed by atoms with Gasteiger partial charge in [0.1, 0.15) is 0 Å². The molecule has 0 spiro atoms. The van der Waals surface area contributed by atoms with E-state index in [1.165, 1.54) is 22.3 Å². The van der Waals surface area contributed by atoms with Gasteiger partial charge in [0.05, 0.1) is 99.4 Å². The average molecular weight is 2080 g/mol. The summed E-state index contributed by atoms with van der Waals surface area (Å²) in [6, 6.07) is 88.1. The molecule has 26 heteroatoms. The zero-order valence-electron chi connectivity index (χ0n) is 85.1. The molecule has 0 bridgehead atoms. The average Bonchev–Trinajstić information content (AvgIpc) is 0.804. The van der Waals surface area contributed by atoms with E-state index >= 15 is 0 Å². The van der Waals surface area contributed by atoms with Crippen LogP contribution in [0.5, 0.6) is 0 Å². The van der Waals surface area contributed by atoms with E-state index in [0.29, 0.717) is 70.2 Å². The van der Waals surface area contributed by atoms with Gasteiger partial charge >= 0.3 is 17.9 Å². The van der Waals surface area contributed by atoms with Crippen molar-refractivity contribution in [2.24, 2.45) is 23.7 Å². The lowest BCUT2D eigenvalue weighted by molar-refractivity contribution is 0.0516. The number of halogens is 4. The molecule has 6 N–H and O–H groups in total. The number of aryl methyl sites for hydroxylation is 1. The van der Waals surface area contributed by atoms with Crippen LogP contribution in [0.3, 0.4) is 0 Å². The SMILES string of the molecule is CC(C)(C)S(=O)N[C@@H](c1ccccc1-c1ccc(Cl)cc1)C1CCNCC1.CC(C)(C)S(=O)N[C@H](c1ccccc1-c1ccc(Cl)cc1)C1CCNCC1.CCOC(=O)c1ccc(C)cc1.CCOC(=O)c1ccc(N2CCC([C@@H](NS(=O)C(C)(C)C)c3ccccc3-c3ccc(Cl)cc3)CC2)cc1.CCOC(=O)c1ccc(N2CCC([C@H](NS(=O)C(C)(C)C)c3ccccc3-c3ccc(Cl)cc3)CC2)cc1. The van der Waals surface area contributed by atoms with Gasteiger partial charge in [0.2, 0.25) is 0 Å². The normalized spacial score (nSPS) is 16.4. The van der Waals surface area contributed by atoms with E-state index in [1.54, 1.807) is 19.1 Å². The van der Waals surface area contributed by atoms with E-state index in [9.17, 15) is 31.2 Å². The molecule has 4 fully saturated rings. The van der Waals surface area contributed by atoms with E-state index in [0.717, 1.165) is 175 Å². The summed E-state index contributed by atoms with van der Waals surface area (Å²) in [5.41, 5.74) is 18.9. The predicted octanol–water partition coefficient (Wildman–Crippen LogP) is 26.8. The Balaban J connectivity index is 0.000000175. The van der Waals surface area contributed by atoms with Crippen molar-refractivity contribution in [2.45, 2.75) is 205 Å². The molecule has 15 rings (SSSR count). The summed E-state index contributed by atoms with van der Waals surface area (Å²) in [6.45, 7) is 40.2. The number of benzene rings is 11. The Kier molecular flexibility index (Phi) is 43.4. The van der Waals surface area contributed by atoms with Gasteiger partial charge in [-0.1, -0.05) is 210 Å². The van der Waals surface area contributed by atoms with E-state index in [4.69, 9.17) is 60.6 Å². The number of hydrogen-bond donors (Lipinski definition) is 6. The van der Waals surface area contributed by atoms with E-state index in [1.807, 2.05) is 249 Å². The van der Waals surface area contributed by atoms with Crippen LogP contribution in [0.25, 0.3) is 44.5 Å². The summed E-state index contributed by atoms with van der Waals surface area (Å²) in [5.74, 6) is 0.680. The zero-order chi connectivity index (χ0) is 102. The summed E-state index contributed by atoms with van der Waals surface area (Å²) in [4.78, 5) is 39.9. The minimum Gasteiger partial charge on any atom is -0.462 e. The largest absolute Gasteiger partial charge is 0.462 e. The van der Waals surface area contributed by atoms with Gasteiger partial charge in [-0.15, -0.1) is 0 Å². The molecule has 0 aromatic heterocycles. The molecule has 4 aliphatic rings. The Morgan fingerprint density at radius 2 is 0.514 bits per heavy atom. The first kappa shape index (κ1) is 113. The van der Waals surface area contributed by atoms with Gasteiger partial charge in [-0.3, -0.25) is 0 Å². The van der Waals surface area contributed by atoms with Crippen molar-refractivity contribution < 1.29 is 45.4 Å². The van der Waals surface area contributed by atoms with Crippen LogP contribution in [0.1, 0.15) is 238 Å². The fourth-order valence-electron chi connectivity index (χ4n) is 17.8. The molecule has 4 heterocycles. The molecular formula is C116H144Cl4N8O10S4. The molecular weight excluding hydrogens is 1940 g/mol. The molecule has 18 nitrogen and oxygen atoms in total. The van der Waals surface area contributed by atoms with Crippen LogP contribution in [0, 0.1) is 30.6 Å². The number of nitrogens with one attached hydrogen (secondary N) is 6. The predicted molar refractivity (Wildman–Crippen MR) is 596 cm³/mol. The number of anilines is 2. The minimum atomic E-state index is -1.22. The van der Waals surface area contributed by atoms with Gasteiger partial charge in [0.15, 0.2) is 0 Å². The van der Waals surface area contributed by atoms with Gasteiger partial charge < -0.3 is 34.6 Å². The Bertz CT molecular complexity index is 5600. The molecule has 760 valence electrons. The number of esters is 3. The molecule has 8 atom stereocenters. The maximum absolute atomic E-state index is 13.3. The van der Waals surface area contributed by atoms with Crippen LogP contribution in [-0.4, -0.2) is 126 Å². The minimum absolute atomic E-state index is 0.0547. The van der Waals surface area contributed by atoms with Crippen molar-refractivity contribution in [2.75, 3.05) is 82.0 Å². The van der Waals surface area contributed by atoms with Crippen molar-refractivity contribution in [1.82, 2.24) is 29.5 Å². The third kappa shape index (κ3) is 33.2. The van der Waals surface area contributed by atoms with Crippen molar-refractivity contribution in [3.8, 4) is 44.5 Å². The van der Waals surface area contributed by atoms with Crippen molar-refractivity contribution in [1.29, 1.82) is 0 Å². The van der Waals surface area contributed by atoms with Crippen LogP contribution in [0.2, 0.25) is 20.1 Å². The van der Waals surface area contributed by atoms with Crippen molar-refractivity contribution in [3.63, 3.8) is 0 Å². The second-order valence-electron chi connectivity index (χ2n) is 40.2. The third-order valence-electron chi connectivity index (χ3n) is 25.7. The summed E-state index contributed by atoms with van der Waals surface area (Å²) in [6.07, 6.45) is 8.12. The second kappa shape index (κ2) is 54.4. The van der Waals surface area contributed by atoms with Crippen LogP contribution in [-0.2, 0) is 58.2 Å². The van der Waals surface area contributed by atoms with Gasteiger partial charge in [0.25, 0.3) is 0 Å². The quantitative estimate of drug-likeness (QED) is 0.0198. The van der Waals surface area contributed by atoms with Gasteiger partial charge in [-0.25, -0.2) is 50.1 Å². The number of piperidine rings is 4. The number of hydrogen-bond acceptors (Lipinski definition) is 14.